The van der Waals surface area contributed by atoms with Crippen LogP contribution in [0.25, 0.3) is 0 Å². The van der Waals surface area contributed by atoms with Crippen LogP contribution in [0.15, 0.2) is 51.8 Å². The molecule has 180 valence electrons. The number of ether oxygens (including phenoxy) is 2. The molecule has 2 aromatic carbocycles. The maximum absolute atomic E-state index is 13.5. The Kier molecular flexibility index (Phi) is 9.17. The molecule has 0 radical (unpaired) electrons. The largest absolute Gasteiger partial charge is 0.496 e. The third kappa shape index (κ3) is 6.94. The average molecular weight is 539 g/mol. The van der Waals surface area contributed by atoms with Crippen molar-refractivity contribution in [2.24, 2.45) is 0 Å². The van der Waals surface area contributed by atoms with Crippen molar-refractivity contribution in [3.8, 4) is 5.75 Å². The molecule has 1 fully saturated rings. The number of halogens is 1. The fourth-order valence-corrected chi connectivity index (χ4v) is 5.89. The second-order valence-electron chi connectivity index (χ2n) is 8.12. The number of benzene rings is 2. The van der Waals surface area contributed by atoms with Crippen LogP contribution in [-0.2, 0) is 19.6 Å². The molecule has 0 saturated heterocycles. The Morgan fingerprint density at radius 2 is 1.85 bits per heavy atom. The lowest BCUT2D eigenvalue weighted by molar-refractivity contribution is -0.119. The van der Waals surface area contributed by atoms with Gasteiger partial charge in [-0.05, 0) is 72.4 Å². The van der Waals surface area contributed by atoms with Gasteiger partial charge in [0.15, 0.2) is 0 Å². The molecule has 0 unspecified atom stereocenters. The van der Waals surface area contributed by atoms with E-state index in [9.17, 15) is 13.2 Å². The maximum atomic E-state index is 13.5. The molecule has 2 aromatic rings. The quantitative estimate of drug-likeness (QED) is 0.428. The molecule has 1 amide bonds. The maximum Gasteiger partial charge on any atom is 0.264 e. The molecule has 0 aromatic heterocycles. The lowest BCUT2D eigenvalue weighted by atomic mass is 10.2. The van der Waals surface area contributed by atoms with E-state index in [1.165, 1.54) is 32.1 Å². The first-order valence-corrected chi connectivity index (χ1v) is 13.4. The first-order chi connectivity index (χ1) is 15.8. The van der Waals surface area contributed by atoms with E-state index in [1.54, 1.807) is 18.2 Å². The van der Waals surface area contributed by atoms with Crippen LogP contribution in [0.1, 0.15) is 37.7 Å². The van der Waals surface area contributed by atoms with Crippen molar-refractivity contribution in [1.29, 1.82) is 0 Å². The standard InChI is InChI=1S/C24H31BrN2O5S/c1-18-8-10-19(11-9-18)27(33(29,30)21-12-13-23(31-2)22(25)16-21)17-24(28)26-14-5-15-32-20-6-3-4-7-20/h8-13,16,20H,3-7,14-15,17H2,1-2H3,(H,26,28). The summed E-state index contributed by atoms with van der Waals surface area (Å²) in [4.78, 5) is 12.7. The second-order valence-corrected chi connectivity index (χ2v) is 10.8. The zero-order valence-corrected chi connectivity index (χ0v) is 21.5. The van der Waals surface area contributed by atoms with Crippen LogP contribution in [0, 0.1) is 6.92 Å². The minimum absolute atomic E-state index is 0.0634. The number of hydrogen-bond acceptors (Lipinski definition) is 5. The summed E-state index contributed by atoms with van der Waals surface area (Å²) in [7, 11) is -2.48. The van der Waals surface area contributed by atoms with Crippen LogP contribution >= 0.6 is 15.9 Å². The van der Waals surface area contributed by atoms with Gasteiger partial charge in [-0.2, -0.15) is 0 Å². The molecule has 7 nitrogen and oxygen atoms in total. The molecule has 1 saturated carbocycles. The number of aryl methyl sites for hydroxylation is 1. The molecule has 3 rings (SSSR count). The van der Waals surface area contributed by atoms with Gasteiger partial charge in [-0.1, -0.05) is 30.5 Å². The Labute approximate surface area is 204 Å². The number of amides is 1. The predicted octanol–water partition coefficient (Wildman–Crippen LogP) is 4.43. The normalized spacial score (nSPS) is 14.3. The van der Waals surface area contributed by atoms with E-state index < -0.39 is 10.0 Å². The van der Waals surface area contributed by atoms with E-state index in [0.717, 1.165) is 22.7 Å². The van der Waals surface area contributed by atoms with Crippen LogP contribution in [-0.4, -0.2) is 47.2 Å². The van der Waals surface area contributed by atoms with Crippen molar-refractivity contribution >= 4 is 37.5 Å². The van der Waals surface area contributed by atoms with Crippen molar-refractivity contribution in [1.82, 2.24) is 5.32 Å². The molecule has 1 aliphatic carbocycles. The van der Waals surface area contributed by atoms with E-state index in [4.69, 9.17) is 9.47 Å². The molecule has 0 atom stereocenters. The highest BCUT2D eigenvalue weighted by atomic mass is 79.9. The van der Waals surface area contributed by atoms with Crippen molar-refractivity contribution in [2.45, 2.75) is 50.0 Å². The smallest absolute Gasteiger partial charge is 0.264 e. The zero-order valence-electron chi connectivity index (χ0n) is 19.1. The summed E-state index contributed by atoms with van der Waals surface area (Å²) in [6.07, 6.45) is 5.68. The molecule has 0 spiro atoms. The monoisotopic (exact) mass is 538 g/mol. The molecule has 0 bridgehead atoms. The SMILES string of the molecule is COc1ccc(S(=O)(=O)N(CC(=O)NCCCOC2CCCC2)c2ccc(C)cc2)cc1Br. The van der Waals surface area contributed by atoms with Crippen LogP contribution < -0.4 is 14.4 Å². The van der Waals surface area contributed by atoms with Crippen LogP contribution in [0.3, 0.4) is 0 Å². The number of carbonyl (C=O) groups is 1. The number of nitrogens with one attached hydrogen (secondary N) is 1. The molecule has 0 aliphatic heterocycles. The van der Waals surface area contributed by atoms with Gasteiger partial charge < -0.3 is 14.8 Å². The number of nitrogens with zero attached hydrogens (tertiary/aromatic N) is 1. The number of sulfonamides is 1. The molecular formula is C24H31BrN2O5S. The molecular weight excluding hydrogens is 508 g/mol. The highest BCUT2D eigenvalue weighted by Gasteiger charge is 2.28. The Balaban J connectivity index is 1.69. The number of methoxy groups -OCH3 is 1. The van der Waals surface area contributed by atoms with Gasteiger partial charge in [-0.15, -0.1) is 0 Å². The third-order valence-corrected chi connectivity index (χ3v) is 8.01. The van der Waals surface area contributed by atoms with Crippen molar-refractivity contribution in [3.05, 3.63) is 52.5 Å². The summed E-state index contributed by atoms with van der Waals surface area (Å²) in [6, 6.07) is 11.6. The highest BCUT2D eigenvalue weighted by Crippen LogP contribution is 2.30. The minimum Gasteiger partial charge on any atom is -0.496 e. The van der Waals surface area contributed by atoms with Gasteiger partial charge in [0.2, 0.25) is 5.91 Å². The topological polar surface area (TPSA) is 84.9 Å². The van der Waals surface area contributed by atoms with Crippen LogP contribution in [0.4, 0.5) is 5.69 Å². The van der Waals surface area contributed by atoms with E-state index in [0.29, 0.717) is 41.6 Å². The van der Waals surface area contributed by atoms with Gasteiger partial charge in [0.05, 0.1) is 28.3 Å². The molecule has 1 aliphatic rings. The number of hydrogen-bond donors (Lipinski definition) is 1. The summed E-state index contributed by atoms with van der Waals surface area (Å²) in [6.45, 7) is 2.62. The first kappa shape index (κ1) is 25.5. The third-order valence-electron chi connectivity index (χ3n) is 5.62. The van der Waals surface area contributed by atoms with Crippen molar-refractivity contribution in [2.75, 3.05) is 31.1 Å². The van der Waals surface area contributed by atoms with E-state index in [-0.39, 0.29) is 17.3 Å². The Morgan fingerprint density at radius 1 is 1.15 bits per heavy atom. The fourth-order valence-electron chi connectivity index (χ4n) is 3.75. The van der Waals surface area contributed by atoms with Gasteiger partial charge in [0.1, 0.15) is 12.3 Å². The van der Waals surface area contributed by atoms with Gasteiger partial charge in [0.25, 0.3) is 10.0 Å². The Morgan fingerprint density at radius 3 is 2.48 bits per heavy atom. The van der Waals surface area contributed by atoms with Gasteiger partial charge in [0, 0.05) is 13.2 Å². The van der Waals surface area contributed by atoms with Gasteiger partial charge >= 0.3 is 0 Å². The Hall–Kier alpha value is -2.10. The van der Waals surface area contributed by atoms with Crippen molar-refractivity contribution < 1.29 is 22.7 Å². The van der Waals surface area contributed by atoms with Gasteiger partial charge in [-0.3, -0.25) is 9.10 Å². The summed E-state index contributed by atoms with van der Waals surface area (Å²) >= 11 is 3.34. The van der Waals surface area contributed by atoms with Crippen molar-refractivity contribution in [3.63, 3.8) is 0 Å². The molecule has 9 heteroatoms. The molecule has 0 heterocycles. The number of rotatable bonds is 11. The summed E-state index contributed by atoms with van der Waals surface area (Å²) < 4.78 is 39.6. The van der Waals surface area contributed by atoms with E-state index in [1.807, 2.05) is 19.1 Å². The van der Waals surface area contributed by atoms with Crippen LogP contribution in [0.2, 0.25) is 0 Å². The fraction of sp³-hybridized carbons (Fsp3) is 0.458. The lowest BCUT2D eigenvalue weighted by Crippen LogP contribution is -2.41. The predicted molar refractivity (Wildman–Crippen MR) is 132 cm³/mol. The van der Waals surface area contributed by atoms with E-state index in [2.05, 4.69) is 21.2 Å². The average Bonchev–Trinajstić information content (AvgIpc) is 3.31. The highest BCUT2D eigenvalue weighted by molar-refractivity contribution is 9.10. The van der Waals surface area contributed by atoms with Gasteiger partial charge in [-0.25, -0.2) is 8.42 Å². The number of anilines is 1. The van der Waals surface area contributed by atoms with E-state index >= 15 is 0 Å². The summed E-state index contributed by atoms with van der Waals surface area (Å²) in [5, 5.41) is 2.82. The minimum atomic E-state index is -3.99. The summed E-state index contributed by atoms with van der Waals surface area (Å²) in [5.74, 6) is 0.154. The second kappa shape index (κ2) is 11.9. The first-order valence-electron chi connectivity index (χ1n) is 11.1. The zero-order chi connectivity index (χ0) is 23.8. The molecule has 33 heavy (non-hydrogen) atoms. The lowest BCUT2D eigenvalue weighted by Gasteiger charge is -2.24. The molecule has 1 N–H and O–H groups in total. The van der Waals surface area contributed by atoms with Crippen LogP contribution in [0.5, 0.6) is 5.75 Å². The number of carbonyl (C=O) groups excluding carboxylic acids is 1. The summed E-state index contributed by atoms with van der Waals surface area (Å²) in [5.41, 5.74) is 1.42. The Bertz CT molecular complexity index is 1040.